The van der Waals surface area contributed by atoms with E-state index < -0.39 is 5.97 Å². The molecule has 0 aliphatic carbocycles. The number of carbonyl (C=O) groups is 1. The van der Waals surface area contributed by atoms with Crippen molar-refractivity contribution in [3.05, 3.63) is 40.7 Å². The van der Waals surface area contributed by atoms with Gasteiger partial charge in [0.25, 0.3) is 0 Å². The summed E-state index contributed by atoms with van der Waals surface area (Å²) in [5.41, 5.74) is 0.843. The first kappa shape index (κ1) is 14.2. The third-order valence-corrected chi connectivity index (χ3v) is 2.87. The fourth-order valence-electron chi connectivity index (χ4n) is 1.64. The Labute approximate surface area is 120 Å². The van der Waals surface area contributed by atoms with Crippen molar-refractivity contribution in [3.63, 3.8) is 0 Å². The number of aromatic nitrogens is 2. The molecule has 20 heavy (non-hydrogen) atoms. The Kier molecular flexibility index (Phi) is 4.14. The molecule has 0 amide bonds. The molecule has 0 fully saturated rings. The van der Waals surface area contributed by atoms with Crippen molar-refractivity contribution < 1.29 is 19.4 Å². The molecule has 1 N–H and O–H groups in total. The van der Waals surface area contributed by atoms with Crippen molar-refractivity contribution in [1.82, 2.24) is 9.78 Å². The molecular weight excluding hydrogens is 284 g/mol. The summed E-state index contributed by atoms with van der Waals surface area (Å²) >= 11 is 5.76. The average molecular weight is 297 g/mol. The highest BCUT2D eigenvalue weighted by atomic mass is 35.5. The zero-order valence-electron chi connectivity index (χ0n) is 11.0. The number of halogens is 1. The Hall–Kier alpha value is -2.21. The van der Waals surface area contributed by atoms with Crippen LogP contribution in [0.25, 0.3) is 0 Å². The number of benzene rings is 1. The van der Waals surface area contributed by atoms with E-state index in [0.29, 0.717) is 11.5 Å². The standard InChI is InChI=1S/C13H13ClN2O4/c1-8-3-4-10(11(5-8)19-2)20-7-16-6-9(14)12(15-16)13(17)18/h3-6H,7H2,1-2H3,(H,17,18). The molecule has 1 heterocycles. The highest BCUT2D eigenvalue weighted by molar-refractivity contribution is 6.33. The summed E-state index contributed by atoms with van der Waals surface area (Å²) in [6.07, 6.45) is 1.39. The molecule has 1 aromatic heterocycles. The van der Waals surface area contributed by atoms with Crippen LogP contribution < -0.4 is 9.47 Å². The van der Waals surface area contributed by atoms with E-state index >= 15 is 0 Å². The fourth-order valence-corrected chi connectivity index (χ4v) is 1.87. The minimum Gasteiger partial charge on any atom is -0.493 e. The van der Waals surface area contributed by atoms with E-state index in [-0.39, 0.29) is 17.4 Å². The smallest absolute Gasteiger partial charge is 0.357 e. The van der Waals surface area contributed by atoms with Crippen LogP contribution in [0.3, 0.4) is 0 Å². The first-order chi connectivity index (χ1) is 9.51. The summed E-state index contributed by atoms with van der Waals surface area (Å²) in [4.78, 5) is 10.8. The summed E-state index contributed by atoms with van der Waals surface area (Å²) in [6.45, 7) is 1.98. The molecule has 6 nitrogen and oxygen atoms in total. The summed E-state index contributed by atoms with van der Waals surface area (Å²) in [5, 5.41) is 12.7. The highest BCUT2D eigenvalue weighted by Gasteiger charge is 2.14. The lowest BCUT2D eigenvalue weighted by molar-refractivity contribution is 0.0688. The number of carboxylic acid groups (broad SMARTS) is 1. The third kappa shape index (κ3) is 3.03. The lowest BCUT2D eigenvalue weighted by Gasteiger charge is -2.11. The van der Waals surface area contributed by atoms with Crippen LogP contribution in [-0.4, -0.2) is 28.0 Å². The molecule has 1 aromatic carbocycles. The van der Waals surface area contributed by atoms with E-state index in [0.717, 1.165) is 5.56 Å². The first-order valence-electron chi connectivity index (χ1n) is 5.75. The van der Waals surface area contributed by atoms with Crippen molar-refractivity contribution in [2.45, 2.75) is 13.7 Å². The van der Waals surface area contributed by atoms with Crippen molar-refractivity contribution >= 4 is 17.6 Å². The summed E-state index contributed by atoms with van der Waals surface area (Å²) in [5.74, 6) is -0.0371. The van der Waals surface area contributed by atoms with Gasteiger partial charge in [-0.2, -0.15) is 5.10 Å². The summed E-state index contributed by atoms with van der Waals surface area (Å²) in [6, 6.07) is 5.50. The van der Waals surface area contributed by atoms with Crippen molar-refractivity contribution in [3.8, 4) is 11.5 Å². The maximum atomic E-state index is 10.8. The molecule has 0 radical (unpaired) electrons. The van der Waals surface area contributed by atoms with Gasteiger partial charge in [0.15, 0.2) is 23.9 Å². The summed E-state index contributed by atoms with van der Waals surface area (Å²) < 4.78 is 12.1. The van der Waals surface area contributed by atoms with Crippen LogP contribution in [0, 0.1) is 6.92 Å². The molecule has 0 atom stereocenters. The molecule has 0 aliphatic rings. The SMILES string of the molecule is COc1cc(C)ccc1OCn1cc(Cl)c(C(=O)O)n1. The average Bonchev–Trinajstić information content (AvgIpc) is 2.78. The maximum absolute atomic E-state index is 10.8. The molecule has 2 rings (SSSR count). The monoisotopic (exact) mass is 296 g/mol. The Morgan fingerprint density at radius 1 is 1.45 bits per heavy atom. The van der Waals surface area contributed by atoms with Gasteiger partial charge in [-0.1, -0.05) is 17.7 Å². The number of methoxy groups -OCH3 is 1. The lowest BCUT2D eigenvalue weighted by atomic mass is 10.2. The van der Waals surface area contributed by atoms with Gasteiger partial charge in [0.05, 0.1) is 12.1 Å². The lowest BCUT2D eigenvalue weighted by Crippen LogP contribution is -2.08. The number of ether oxygens (including phenoxy) is 2. The van der Waals surface area contributed by atoms with Crippen molar-refractivity contribution in [2.24, 2.45) is 0 Å². The van der Waals surface area contributed by atoms with Gasteiger partial charge in [-0.3, -0.25) is 0 Å². The second-order valence-corrected chi connectivity index (χ2v) is 4.51. The molecule has 0 saturated heterocycles. The van der Waals surface area contributed by atoms with Gasteiger partial charge in [-0.15, -0.1) is 0 Å². The number of aryl methyl sites for hydroxylation is 1. The van der Waals surface area contributed by atoms with Gasteiger partial charge in [0.2, 0.25) is 0 Å². The van der Waals surface area contributed by atoms with Gasteiger partial charge < -0.3 is 14.6 Å². The molecule has 2 aromatic rings. The van der Waals surface area contributed by atoms with Crippen molar-refractivity contribution in [2.75, 3.05) is 7.11 Å². The van der Waals surface area contributed by atoms with Gasteiger partial charge >= 0.3 is 5.97 Å². The molecular formula is C13H13ClN2O4. The number of hydrogen-bond acceptors (Lipinski definition) is 4. The largest absolute Gasteiger partial charge is 0.493 e. The van der Waals surface area contributed by atoms with Crippen molar-refractivity contribution in [1.29, 1.82) is 0 Å². The summed E-state index contributed by atoms with van der Waals surface area (Å²) in [7, 11) is 1.55. The zero-order chi connectivity index (χ0) is 14.7. The number of aromatic carboxylic acids is 1. The Bertz CT molecular complexity index is 639. The van der Waals surface area contributed by atoms with Gasteiger partial charge in [-0.25, -0.2) is 9.48 Å². The van der Waals surface area contributed by atoms with Crippen LogP contribution in [0.1, 0.15) is 16.1 Å². The normalized spacial score (nSPS) is 10.3. The van der Waals surface area contributed by atoms with Gasteiger partial charge in [0, 0.05) is 6.20 Å². The number of hydrogen-bond donors (Lipinski definition) is 1. The maximum Gasteiger partial charge on any atom is 0.357 e. The molecule has 7 heteroatoms. The molecule has 106 valence electrons. The third-order valence-electron chi connectivity index (χ3n) is 2.59. The molecule has 0 unspecified atom stereocenters. The number of nitrogens with zero attached hydrogens (tertiary/aromatic N) is 2. The van der Waals surface area contributed by atoms with E-state index in [2.05, 4.69) is 5.10 Å². The first-order valence-corrected chi connectivity index (χ1v) is 6.12. The second-order valence-electron chi connectivity index (χ2n) is 4.10. The molecule has 0 spiro atoms. The van der Waals surface area contributed by atoms with E-state index in [9.17, 15) is 4.79 Å². The van der Waals surface area contributed by atoms with E-state index in [1.807, 2.05) is 19.1 Å². The minimum atomic E-state index is -1.18. The number of rotatable bonds is 5. The van der Waals surface area contributed by atoms with Crippen LogP contribution in [0.2, 0.25) is 5.02 Å². The molecule has 0 aliphatic heterocycles. The van der Waals surface area contributed by atoms with E-state index in [4.69, 9.17) is 26.2 Å². The highest BCUT2D eigenvalue weighted by Crippen LogP contribution is 2.28. The second kappa shape index (κ2) is 5.83. The Morgan fingerprint density at radius 2 is 2.20 bits per heavy atom. The topological polar surface area (TPSA) is 73.6 Å². The van der Waals surface area contributed by atoms with Crippen LogP contribution in [0.15, 0.2) is 24.4 Å². The fraction of sp³-hybridized carbons (Fsp3) is 0.231. The van der Waals surface area contributed by atoms with Crippen LogP contribution in [-0.2, 0) is 6.73 Å². The van der Waals surface area contributed by atoms with E-state index in [1.165, 1.54) is 10.9 Å². The minimum absolute atomic E-state index is 0.0341. The Balaban J connectivity index is 2.13. The Morgan fingerprint density at radius 3 is 2.80 bits per heavy atom. The van der Waals surface area contributed by atoms with E-state index in [1.54, 1.807) is 13.2 Å². The zero-order valence-corrected chi connectivity index (χ0v) is 11.7. The number of carboxylic acids is 1. The van der Waals surface area contributed by atoms with Crippen LogP contribution in [0.4, 0.5) is 0 Å². The predicted molar refractivity (Wildman–Crippen MR) is 72.6 cm³/mol. The van der Waals surface area contributed by atoms with Crippen LogP contribution in [0.5, 0.6) is 11.5 Å². The quantitative estimate of drug-likeness (QED) is 0.918. The van der Waals surface area contributed by atoms with Gasteiger partial charge in [0.1, 0.15) is 0 Å². The predicted octanol–water partition coefficient (Wildman–Crippen LogP) is 2.59. The van der Waals surface area contributed by atoms with Crippen LogP contribution >= 0.6 is 11.6 Å². The molecule has 0 saturated carbocycles. The molecule has 0 bridgehead atoms. The van der Waals surface area contributed by atoms with Gasteiger partial charge in [-0.05, 0) is 24.6 Å².